The smallest absolute Gasteiger partial charge is 0.265 e. The molecule has 2 saturated heterocycles. The second-order valence-electron chi connectivity index (χ2n) is 6.02. The molecular formula is C16H25N3OS. The summed E-state index contributed by atoms with van der Waals surface area (Å²) in [5.41, 5.74) is 0. The third kappa shape index (κ3) is 2.86. The minimum absolute atomic E-state index is 0.206. The van der Waals surface area contributed by atoms with Gasteiger partial charge in [-0.3, -0.25) is 9.69 Å². The first-order valence-electron chi connectivity index (χ1n) is 8.24. The Balaban J connectivity index is 1.75. The average Bonchev–Trinajstić information content (AvgIpc) is 3.23. The maximum Gasteiger partial charge on any atom is 0.265 e. The number of thiazole rings is 1. The molecule has 1 amide bonds. The number of hydrogen-bond acceptors (Lipinski definition) is 4. The molecular weight excluding hydrogens is 282 g/mol. The first-order valence-corrected chi connectivity index (χ1v) is 9.06. The van der Waals surface area contributed by atoms with E-state index >= 15 is 0 Å². The zero-order valence-corrected chi connectivity index (χ0v) is 13.9. The van der Waals surface area contributed by atoms with Crippen molar-refractivity contribution in [2.24, 2.45) is 0 Å². The maximum atomic E-state index is 12.8. The fourth-order valence-corrected chi connectivity index (χ4v) is 4.65. The lowest BCUT2D eigenvalue weighted by atomic mass is 10.0. The van der Waals surface area contributed by atoms with Gasteiger partial charge >= 0.3 is 0 Å². The molecule has 4 nitrogen and oxygen atoms in total. The maximum absolute atomic E-state index is 12.8. The highest BCUT2D eigenvalue weighted by molar-refractivity contribution is 7.13. The number of carbonyl (C=O) groups is 1. The van der Waals surface area contributed by atoms with Crippen molar-refractivity contribution in [3.8, 4) is 0 Å². The van der Waals surface area contributed by atoms with Gasteiger partial charge in [0, 0.05) is 18.6 Å². The Morgan fingerprint density at radius 2 is 2.05 bits per heavy atom. The van der Waals surface area contributed by atoms with E-state index in [0.717, 1.165) is 42.2 Å². The summed E-state index contributed by atoms with van der Waals surface area (Å²) in [5.74, 6) is 0.206. The minimum atomic E-state index is 0.206. The SMILES string of the molecule is CCc1ncc(C(=O)N2CCCC2C2CCCN2CC)s1. The number of aryl methyl sites for hydroxylation is 1. The van der Waals surface area contributed by atoms with E-state index in [2.05, 4.69) is 28.6 Å². The quantitative estimate of drug-likeness (QED) is 0.858. The Labute approximate surface area is 131 Å². The molecule has 3 heterocycles. The van der Waals surface area contributed by atoms with E-state index in [0.29, 0.717) is 12.1 Å². The number of rotatable bonds is 4. The summed E-state index contributed by atoms with van der Waals surface area (Å²) in [7, 11) is 0. The van der Waals surface area contributed by atoms with Gasteiger partial charge in [-0.25, -0.2) is 4.98 Å². The topological polar surface area (TPSA) is 36.4 Å². The third-order valence-corrected chi connectivity index (χ3v) is 6.02. The molecule has 1 aromatic heterocycles. The van der Waals surface area contributed by atoms with E-state index in [-0.39, 0.29) is 5.91 Å². The highest BCUT2D eigenvalue weighted by Crippen LogP contribution is 2.31. The van der Waals surface area contributed by atoms with Crippen molar-refractivity contribution in [2.75, 3.05) is 19.6 Å². The summed E-state index contributed by atoms with van der Waals surface area (Å²) in [6, 6.07) is 0.979. The number of likely N-dealkylation sites (N-methyl/N-ethyl adjacent to an activating group) is 1. The van der Waals surface area contributed by atoms with Crippen LogP contribution in [-0.4, -0.2) is 52.4 Å². The molecule has 2 aliphatic rings. The van der Waals surface area contributed by atoms with Crippen LogP contribution in [0.5, 0.6) is 0 Å². The summed E-state index contributed by atoms with van der Waals surface area (Å²) in [5, 5.41) is 1.06. The highest BCUT2D eigenvalue weighted by Gasteiger charge is 2.39. The van der Waals surface area contributed by atoms with Crippen LogP contribution in [-0.2, 0) is 6.42 Å². The van der Waals surface area contributed by atoms with Gasteiger partial charge in [-0.15, -0.1) is 11.3 Å². The Hall–Kier alpha value is -0.940. The fourth-order valence-electron chi connectivity index (χ4n) is 3.84. The number of nitrogens with zero attached hydrogens (tertiary/aromatic N) is 3. The predicted octanol–water partition coefficient (Wildman–Crippen LogP) is 2.79. The molecule has 0 aromatic carbocycles. The standard InChI is InChI=1S/C16H25N3OS/c1-3-15-17-11-14(21-15)16(20)19-10-6-8-13(19)12-7-5-9-18(12)4-2/h11-13H,3-10H2,1-2H3. The molecule has 0 spiro atoms. The van der Waals surface area contributed by atoms with Crippen molar-refractivity contribution >= 4 is 17.2 Å². The monoisotopic (exact) mass is 307 g/mol. The summed E-state index contributed by atoms with van der Waals surface area (Å²) in [4.78, 5) is 22.7. The summed E-state index contributed by atoms with van der Waals surface area (Å²) >= 11 is 1.56. The normalized spacial score (nSPS) is 26.7. The molecule has 2 atom stereocenters. The van der Waals surface area contributed by atoms with Crippen molar-refractivity contribution in [3.05, 3.63) is 16.1 Å². The van der Waals surface area contributed by atoms with Crippen LogP contribution in [0.2, 0.25) is 0 Å². The van der Waals surface area contributed by atoms with Gasteiger partial charge in [0.2, 0.25) is 0 Å². The predicted molar refractivity (Wildman–Crippen MR) is 85.8 cm³/mol. The Bertz CT molecular complexity index is 501. The second kappa shape index (κ2) is 6.44. The largest absolute Gasteiger partial charge is 0.333 e. The molecule has 2 aliphatic heterocycles. The lowest BCUT2D eigenvalue weighted by Gasteiger charge is -2.34. The minimum Gasteiger partial charge on any atom is -0.333 e. The van der Waals surface area contributed by atoms with Crippen LogP contribution in [0.25, 0.3) is 0 Å². The molecule has 21 heavy (non-hydrogen) atoms. The summed E-state index contributed by atoms with van der Waals surface area (Å²) in [6.45, 7) is 7.53. The number of carbonyl (C=O) groups excluding carboxylic acids is 1. The first kappa shape index (κ1) is 15.0. The third-order valence-electron chi connectivity index (χ3n) is 4.89. The van der Waals surface area contributed by atoms with E-state index in [1.54, 1.807) is 17.5 Å². The van der Waals surface area contributed by atoms with Crippen LogP contribution in [0.4, 0.5) is 0 Å². The first-order chi connectivity index (χ1) is 10.2. The van der Waals surface area contributed by atoms with Crippen LogP contribution in [0, 0.1) is 0 Å². The molecule has 0 saturated carbocycles. The zero-order valence-electron chi connectivity index (χ0n) is 13.0. The van der Waals surface area contributed by atoms with E-state index in [1.807, 2.05) is 0 Å². The van der Waals surface area contributed by atoms with Gasteiger partial charge in [0.25, 0.3) is 5.91 Å². The molecule has 116 valence electrons. The number of amides is 1. The molecule has 2 unspecified atom stereocenters. The molecule has 3 rings (SSSR count). The van der Waals surface area contributed by atoms with E-state index < -0.39 is 0 Å². The molecule has 0 radical (unpaired) electrons. The van der Waals surface area contributed by atoms with Crippen LogP contribution in [0.15, 0.2) is 6.20 Å². The molecule has 0 aliphatic carbocycles. The summed E-state index contributed by atoms with van der Waals surface area (Å²) in [6.07, 6.45) is 7.50. The Morgan fingerprint density at radius 3 is 2.76 bits per heavy atom. The molecule has 1 aromatic rings. The van der Waals surface area contributed by atoms with Gasteiger partial charge in [-0.1, -0.05) is 13.8 Å². The second-order valence-corrected chi connectivity index (χ2v) is 7.13. The van der Waals surface area contributed by atoms with Gasteiger partial charge < -0.3 is 4.90 Å². The van der Waals surface area contributed by atoms with Crippen LogP contribution >= 0.6 is 11.3 Å². The highest BCUT2D eigenvalue weighted by atomic mass is 32.1. The van der Waals surface area contributed by atoms with E-state index in [1.165, 1.54) is 19.4 Å². The van der Waals surface area contributed by atoms with Crippen molar-refractivity contribution in [2.45, 2.75) is 58.0 Å². The summed E-state index contributed by atoms with van der Waals surface area (Å²) < 4.78 is 0. The average molecular weight is 307 g/mol. The van der Waals surface area contributed by atoms with Gasteiger partial charge in [-0.05, 0) is 45.2 Å². The Kier molecular flexibility index (Phi) is 4.60. The van der Waals surface area contributed by atoms with E-state index in [4.69, 9.17) is 0 Å². The van der Waals surface area contributed by atoms with Crippen molar-refractivity contribution in [1.82, 2.24) is 14.8 Å². The number of aromatic nitrogens is 1. The Morgan fingerprint density at radius 1 is 1.29 bits per heavy atom. The molecule has 2 fully saturated rings. The number of hydrogen-bond donors (Lipinski definition) is 0. The lowest BCUT2D eigenvalue weighted by Crippen LogP contribution is -2.48. The van der Waals surface area contributed by atoms with Crippen molar-refractivity contribution in [1.29, 1.82) is 0 Å². The fraction of sp³-hybridized carbons (Fsp3) is 0.750. The van der Waals surface area contributed by atoms with Crippen molar-refractivity contribution < 1.29 is 4.79 Å². The van der Waals surface area contributed by atoms with Crippen LogP contribution in [0.3, 0.4) is 0 Å². The van der Waals surface area contributed by atoms with Crippen LogP contribution in [0.1, 0.15) is 54.2 Å². The van der Waals surface area contributed by atoms with Gasteiger partial charge in [-0.2, -0.15) is 0 Å². The van der Waals surface area contributed by atoms with Crippen LogP contribution < -0.4 is 0 Å². The lowest BCUT2D eigenvalue weighted by molar-refractivity contribution is 0.0654. The van der Waals surface area contributed by atoms with Gasteiger partial charge in [0.05, 0.1) is 11.2 Å². The van der Waals surface area contributed by atoms with Gasteiger partial charge in [0.15, 0.2) is 0 Å². The molecule has 5 heteroatoms. The van der Waals surface area contributed by atoms with E-state index in [9.17, 15) is 4.79 Å². The molecule has 0 N–H and O–H groups in total. The van der Waals surface area contributed by atoms with Gasteiger partial charge in [0.1, 0.15) is 4.88 Å². The molecule has 0 bridgehead atoms. The zero-order chi connectivity index (χ0) is 14.8. The number of likely N-dealkylation sites (tertiary alicyclic amines) is 2. The van der Waals surface area contributed by atoms with Crippen molar-refractivity contribution in [3.63, 3.8) is 0 Å².